The molecule has 0 unspecified atom stereocenters. The van der Waals surface area contributed by atoms with Crippen LogP contribution in [0.5, 0.6) is 0 Å². The Labute approximate surface area is 101 Å². The first kappa shape index (κ1) is 13.7. The summed E-state index contributed by atoms with van der Waals surface area (Å²) in [7, 11) is -3.75. The summed E-state index contributed by atoms with van der Waals surface area (Å²) in [5.41, 5.74) is 0. The van der Waals surface area contributed by atoms with Crippen molar-refractivity contribution in [3.8, 4) is 12.3 Å². The topological polar surface area (TPSA) is 46.2 Å². The van der Waals surface area contributed by atoms with Crippen molar-refractivity contribution in [1.29, 1.82) is 0 Å². The SMILES string of the molecule is C#CCCCCNS(=O)(=O)c1ccccc1F. The van der Waals surface area contributed by atoms with Crippen LogP contribution in [-0.4, -0.2) is 15.0 Å². The minimum atomic E-state index is -3.75. The van der Waals surface area contributed by atoms with Crippen molar-refractivity contribution in [2.75, 3.05) is 6.54 Å². The molecule has 3 nitrogen and oxygen atoms in total. The molecule has 0 saturated carbocycles. The molecular weight excluding hydrogens is 241 g/mol. The lowest BCUT2D eigenvalue weighted by Gasteiger charge is -2.06. The van der Waals surface area contributed by atoms with Gasteiger partial charge >= 0.3 is 0 Å². The molecule has 0 aliphatic rings. The molecule has 0 aliphatic carbocycles. The summed E-state index contributed by atoms with van der Waals surface area (Å²) in [4.78, 5) is -0.322. The lowest BCUT2D eigenvalue weighted by atomic mass is 10.2. The molecule has 1 aromatic carbocycles. The molecule has 92 valence electrons. The highest BCUT2D eigenvalue weighted by atomic mass is 32.2. The molecule has 0 atom stereocenters. The van der Waals surface area contributed by atoms with Crippen LogP contribution < -0.4 is 4.72 Å². The molecule has 0 amide bonds. The molecule has 1 N–H and O–H groups in total. The maximum Gasteiger partial charge on any atom is 0.243 e. The number of hydrogen-bond donors (Lipinski definition) is 1. The number of nitrogens with one attached hydrogen (secondary N) is 1. The van der Waals surface area contributed by atoms with Crippen molar-refractivity contribution in [1.82, 2.24) is 4.72 Å². The van der Waals surface area contributed by atoms with Gasteiger partial charge in [-0.15, -0.1) is 12.3 Å². The van der Waals surface area contributed by atoms with Crippen LogP contribution >= 0.6 is 0 Å². The van der Waals surface area contributed by atoms with E-state index in [9.17, 15) is 12.8 Å². The molecule has 5 heteroatoms. The predicted molar refractivity (Wildman–Crippen MR) is 64.3 cm³/mol. The van der Waals surface area contributed by atoms with Crippen LogP contribution in [0.25, 0.3) is 0 Å². The Balaban J connectivity index is 2.59. The van der Waals surface area contributed by atoms with Gasteiger partial charge in [0.05, 0.1) is 0 Å². The van der Waals surface area contributed by atoms with Gasteiger partial charge in [0.1, 0.15) is 10.7 Å². The number of hydrogen-bond acceptors (Lipinski definition) is 2. The summed E-state index contributed by atoms with van der Waals surface area (Å²) >= 11 is 0. The quantitative estimate of drug-likeness (QED) is 0.623. The second-order valence-electron chi connectivity index (χ2n) is 3.49. The zero-order valence-corrected chi connectivity index (χ0v) is 10.1. The third kappa shape index (κ3) is 4.17. The van der Waals surface area contributed by atoms with E-state index in [2.05, 4.69) is 10.6 Å². The van der Waals surface area contributed by atoms with E-state index < -0.39 is 15.8 Å². The molecule has 0 radical (unpaired) electrons. The van der Waals surface area contributed by atoms with Gasteiger partial charge in [-0.1, -0.05) is 12.1 Å². The molecule has 0 aromatic heterocycles. The first-order valence-corrected chi connectivity index (χ1v) is 6.74. The Morgan fingerprint density at radius 2 is 2.00 bits per heavy atom. The molecule has 17 heavy (non-hydrogen) atoms. The fourth-order valence-electron chi connectivity index (χ4n) is 1.30. The smallest absolute Gasteiger partial charge is 0.211 e. The second-order valence-corrected chi connectivity index (χ2v) is 5.22. The zero-order chi connectivity index (χ0) is 12.7. The van der Waals surface area contributed by atoms with Crippen LogP contribution in [0.1, 0.15) is 19.3 Å². The van der Waals surface area contributed by atoms with E-state index in [0.29, 0.717) is 12.8 Å². The monoisotopic (exact) mass is 255 g/mol. The van der Waals surface area contributed by atoms with Crippen molar-refractivity contribution in [3.63, 3.8) is 0 Å². The van der Waals surface area contributed by atoms with Gasteiger partial charge < -0.3 is 0 Å². The van der Waals surface area contributed by atoms with Gasteiger partial charge in [0.2, 0.25) is 10.0 Å². The Kier molecular flexibility index (Phi) is 5.13. The van der Waals surface area contributed by atoms with E-state index in [4.69, 9.17) is 6.42 Å². The Bertz CT molecular complexity index is 505. The summed E-state index contributed by atoms with van der Waals surface area (Å²) in [6.45, 7) is 0.262. The molecule has 0 heterocycles. The van der Waals surface area contributed by atoms with Gasteiger partial charge in [-0.05, 0) is 25.0 Å². The Morgan fingerprint density at radius 3 is 2.65 bits per heavy atom. The molecule has 0 bridgehead atoms. The van der Waals surface area contributed by atoms with Crippen molar-refractivity contribution >= 4 is 10.0 Å². The first-order valence-electron chi connectivity index (χ1n) is 5.25. The number of halogens is 1. The fourth-order valence-corrected chi connectivity index (χ4v) is 2.45. The van der Waals surface area contributed by atoms with Gasteiger partial charge in [-0.2, -0.15) is 0 Å². The highest BCUT2D eigenvalue weighted by Crippen LogP contribution is 2.12. The number of sulfonamides is 1. The van der Waals surface area contributed by atoms with E-state index in [1.54, 1.807) is 0 Å². The van der Waals surface area contributed by atoms with E-state index in [-0.39, 0.29) is 11.4 Å². The van der Waals surface area contributed by atoms with Crippen LogP contribution in [0.4, 0.5) is 4.39 Å². The molecule has 1 aromatic rings. The number of unbranched alkanes of at least 4 members (excludes halogenated alkanes) is 2. The molecule has 0 saturated heterocycles. The molecule has 0 aliphatic heterocycles. The van der Waals surface area contributed by atoms with Crippen LogP contribution in [0.15, 0.2) is 29.2 Å². The third-order valence-corrected chi connectivity index (χ3v) is 3.66. The summed E-state index contributed by atoms with van der Waals surface area (Å²) < 4.78 is 39.0. The van der Waals surface area contributed by atoms with Gasteiger partial charge in [-0.3, -0.25) is 0 Å². The van der Waals surface area contributed by atoms with Gasteiger partial charge in [-0.25, -0.2) is 17.5 Å². The van der Waals surface area contributed by atoms with Gasteiger partial charge in [0.25, 0.3) is 0 Å². The average Bonchev–Trinajstić information content (AvgIpc) is 2.29. The maximum absolute atomic E-state index is 13.3. The number of benzene rings is 1. The van der Waals surface area contributed by atoms with Gasteiger partial charge in [0, 0.05) is 13.0 Å². The summed E-state index contributed by atoms with van der Waals surface area (Å²) in [5.74, 6) is 1.72. The molecule has 0 spiro atoms. The van der Waals surface area contributed by atoms with E-state index in [0.717, 1.165) is 12.5 Å². The number of terminal acetylenes is 1. The van der Waals surface area contributed by atoms with Crippen LogP contribution in [0.3, 0.4) is 0 Å². The van der Waals surface area contributed by atoms with Crippen LogP contribution in [-0.2, 0) is 10.0 Å². The van der Waals surface area contributed by atoms with Gasteiger partial charge in [0.15, 0.2) is 0 Å². The fraction of sp³-hybridized carbons (Fsp3) is 0.333. The van der Waals surface area contributed by atoms with E-state index in [1.165, 1.54) is 18.2 Å². The van der Waals surface area contributed by atoms with Crippen molar-refractivity contribution < 1.29 is 12.8 Å². The highest BCUT2D eigenvalue weighted by molar-refractivity contribution is 7.89. The third-order valence-electron chi connectivity index (χ3n) is 2.17. The summed E-state index contributed by atoms with van der Waals surface area (Å²) in [6.07, 6.45) is 7.06. The second kappa shape index (κ2) is 6.38. The average molecular weight is 255 g/mol. The molecule has 1 rings (SSSR count). The Hall–Kier alpha value is -1.38. The first-order chi connectivity index (χ1) is 8.08. The van der Waals surface area contributed by atoms with Crippen molar-refractivity contribution in [2.24, 2.45) is 0 Å². The Morgan fingerprint density at radius 1 is 1.29 bits per heavy atom. The normalized spacial score (nSPS) is 11.1. The molecular formula is C12H14FNO2S. The van der Waals surface area contributed by atoms with Crippen LogP contribution in [0.2, 0.25) is 0 Å². The minimum Gasteiger partial charge on any atom is -0.211 e. The molecule has 0 fully saturated rings. The minimum absolute atomic E-state index is 0.262. The summed E-state index contributed by atoms with van der Waals surface area (Å²) in [5, 5.41) is 0. The lowest BCUT2D eigenvalue weighted by molar-refractivity contribution is 0.554. The zero-order valence-electron chi connectivity index (χ0n) is 9.32. The van der Waals surface area contributed by atoms with Crippen molar-refractivity contribution in [2.45, 2.75) is 24.2 Å². The standard InChI is InChI=1S/C12H14FNO2S/c1-2-3-4-7-10-14-17(15,16)12-9-6-5-8-11(12)13/h1,5-6,8-9,14H,3-4,7,10H2. The highest BCUT2D eigenvalue weighted by Gasteiger charge is 2.17. The van der Waals surface area contributed by atoms with Crippen molar-refractivity contribution in [3.05, 3.63) is 30.1 Å². The summed E-state index contributed by atoms with van der Waals surface area (Å²) in [6, 6.07) is 5.28. The lowest BCUT2D eigenvalue weighted by Crippen LogP contribution is -2.25. The largest absolute Gasteiger partial charge is 0.243 e. The van der Waals surface area contributed by atoms with Crippen LogP contribution in [0, 0.1) is 18.2 Å². The van der Waals surface area contributed by atoms with E-state index in [1.807, 2.05) is 0 Å². The maximum atomic E-state index is 13.3. The van der Waals surface area contributed by atoms with E-state index >= 15 is 0 Å². The predicted octanol–water partition coefficient (Wildman–Crippen LogP) is 1.91. The number of rotatable bonds is 6.